The van der Waals surface area contributed by atoms with Gasteiger partial charge in [-0.1, -0.05) is 12.1 Å². The van der Waals surface area contributed by atoms with Gasteiger partial charge in [-0.15, -0.1) is 23.8 Å². The van der Waals surface area contributed by atoms with Crippen molar-refractivity contribution in [3.8, 4) is 33.9 Å². The Hall–Kier alpha value is -3.44. The number of ether oxygens (including phenoxy) is 2. The Morgan fingerprint density at radius 1 is 0.909 bits per heavy atom. The van der Waals surface area contributed by atoms with Crippen LogP contribution in [-0.4, -0.2) is 30.0 Å². The van der Waals surface area contributed by atoms with Crippen LogP contribution in [0.1, 0.15) is 16.2 Å². The number of halogens is 2. The minimum atomic E-state index is -1.08. The average molecular weight is 625 g/mol. The molecular formula is C25H16F2N2O3Pt. The van der Waals surface area contributed by atoms with Crippen molar-refractivity contribution in [1.29, 1.82) is 0 Å². The van der Waals surface area contributed by atoms with Crippen molar-refractivity contribution in [2.75, 3.05) is 14.2 Å². The van der Waals surface area contributed by atoms with Gasteiger partial charge in [0, 0.05) is 29.5 Å². The van der Waals surface area contributed by atoms with Crippen LogP contribution in [0.25, 0.3) is 22.4 Å². The Bertz CT molecular complexity index is 1300. The second kappa shape index (κ2) is 10.4. The summed E-state index contributed by atoms with van der Waals surface area (Å²) in [5, 5.41) is 0. The van der Waals surface area contributed by atoms with E-state index in [9.17, 15) is 13.6 Å². The molecule has 0 aliphatic rings. The molecule has 0 aliphatic heterocycles. The number of carbonyl (C=O) groups is 1. The Balaban J connectivity index is 0.00000306. The third kappa shape index (κ3) is 5.15. The van der Waals surface area contributed by atoms with E-state index in [-0.39, 0.29) is 38.0 Å². The number of ketones is 1. The minimum Gasteiger partial charge on any atom is -0.517 e. The number of methoxy groups -OCH3 is 2. The normalized spacial score (nSPS) is 10.3. The zero-order valence-electron chi connectivity index (χ0n) is 17.5. The van der Waals surface area contributed by atoms with E-state index in [0.717, 1.165) is 0 Å². The van der Waals surface area contributed by atoms with Crippen LogP contribution in [-0.2, 0) is 21.1 Å². The summed E-state index contributed by atoms with van der Waals surface area (Å²) < 4.78 is 39.8. The predicted octanol–water partition coefficient (Wildman–Crippen LogP) is 4.93. The molecule has 8 heteroatoms. The molecule has 2 aromatic carbocycles. The van der Waals surface area contributed by atoms with Gasteiger partial charge in [-0.25, -0.2) is 14.3 Å². The molecule has 0 fully saturated rings. The number of aromatic nitrogens is 2. The second-order valence-electron chi connectivity index (χ2n) is 6.68. The number of pyridine rings is 2. The van der Waals surface area contributed by atoms with E-state index in [1.807, 2.05) is 0 Å². The number of carbonyl (C=O) groups excluding carboxylic acids is 1. The fraction of sp³-hybridized carbons (Fsp3) is 0.0800. The molecule has 0 aliphatic carbocycles. The summed E-state index contributed by atoms with van der Waals surface area (Å²) in [7, 11) is 3.00. The van der Waals surface area contributed by atoms with Crippen molar-refractivity contribution in [3.05, 3.63) is 95.9 Å². The first kappa shape index (κ1) is 24.2. The maximum absolute atomic E-state index is 14.8. The van der Waals surface area contributed by atoms with Crippen LogP contribution in [0.15, 0.2) is 60.8 Å². The van der Waals surface area contributed by atoms with Gasteiger partial charge in [-0.05, 0) is 12.1 Å². The molecule has 0 N–H and O–H groups in total. The molecule has 4 aromatic rings. The van der Waals surface area contributed by atoms with Gasteiger partial charge >= 0.3 is 21.1 Å². The van der Waals surface area contributed by atoms with Gasteiger partial charge in [-0.2, -0.15) is 23.8 Å². The number of nitrogens with zero attached hydrogens (tertiary/aromatic N) is 2. The summed E-state index contributed by atoms with van der Waals surface area (Å²) in [6.07, 6.45) is 1.41. The quantitative estimate of drug-likeness (QED) is 0.225. The smallest absolute Gasteiger partial charge is 0.517 e. The Morgan fingerprint density at radius 2 is 1.64 bits per heavy atom. The molecule has 0 spiro atoms. The molecule has 0 radical (unpaired) electrons. The zero-order chi connectivity index (χ0) is 22.7. The fourth-order valence-corrected chi connectivity index (χ4v) is 3.10. The molecule has 2 aromatic heterocycles. The molecule has 0 amide bonds. The topological polar surface area (TPSA) is 61.3 Å². The third-order valence-electron chi connectivity index (χ3n) is 4.67. The molecule has 0 unspecified atom stereocenters. The van der Waals surface area contributed by atoms with Crippen molar-refractivity contribution in [1.82, 2.24) is 9.97 Å². The predicted molar refractivity (Wildman–Crippen MR) is 113 cm³/mol. The molecule has 33 heavy (non-hydrogen) atoms. The first-order chi connectivity index (χ1) is 15.5. The molecule has 0 atom stereocenters. The molecular weight excluding hydrogens is 609 g/mol. The van der Waals surface area contributed by atoms with Crippen molar-refractivity contribution in [3.63, 3.8) is 0 Å². The monoisotopic (exact) mass is 625 g/mol. The van der Waals surface area contributed by atoms with E-state index in [4.69, 9.17) is 9.47 Å². The van der Waals surface area contributed by atoms with Gasteiger partial charge in [0.25, 0.3) is 0 Å². The van der Waals surface area contributed by atoms with Crippen molar-refractivity contribution in [2.24, 2.45) is 0 Å². The van der Waals surface area contributed by atoms with E-state index in [2.05, 4.69) is 22.1 Å². The summed E-state index contributed by atoms with van der Waals surface area (Å²) in [5.41, 5.74) is 0.554. The van der Waals surface area contributed by atoms with Gasteiger partial charge in [0.15, 0.2) is 5.82 Å². The van der Waals surface area contributed by atoms with Gasteiger partial charge < -0.3 is 9.47 Å². The van der Waals surface area contributed by atoms with Gasteiger partial charge in [0.1, 0.15) is 17.2 Å². The van der Waals surface area contributed by atoms with E-state index in [1.54, 1.807) is 36.4 Å². The number of rotatable bonds is 6. The van der Waals surface area contributed by atoms with Crippen molar-refractivity contribution in [2.45, 2.75) is 0 Å². The van der Waals surface area contributed by atoms with Crippen molar-refractivity contribution < 1.29 is 44.1 Å². The molecule has 4 rings (SSSR count). The molecule has 2 heterocycles. The zero-order valence-corrected chi connectivity index (χ0v) is 19.7. The van der Waals surface area contributed by atoms with E-state index in [1.165, 1.54) is 32.5 Å². The average Bonchev–Trinajstić information content (AvgIpc) is 2.84. The Kier molecular flexibility index (Phi) is 7.66. The van der Waals surface area contributed by atoms with Gasteiger partial charge in [-0.3, -0.25) is 14.8 Å². The van der Waals surface area contributed by atoms with Crippen LogP contribution in [0.4, 0.5) is 8.78 Å². The first-order valence-corrected chi connectivity index (χ1v) is 9.49. The summed E-state index contributed by atoms with van der Waals surface area (Å²) in [4.78, 5) is 20.6. The molecule has 0 bridgehead atoms. The third-order valence-corrected chi connectivity index (χ3v) is 4.67. The van der Waals surface area contributed by atoms with Gasteiger partial charge in [0.2, 0.25) is 5.78 Å². The standard InChI is InChI=1S/C25H16F2N2O3.Pt/c1-31-18-7-5-6-15(11-18)16-10-17(13-19(12-16)32-2)23-20(26)14-21(27)24(29-23)25(30)22-8-3-4-9-28-22;/h3-5,7-9,11-14H,1-2H3;/q-2;+2. The number of benzene rings is 2. The van der Waals surface area contributed by atoms with E-state index in [0.29, 0.717) is 28.7 Å². The van der Waals surface area contributed by atoms with Crippen LogP contribution >= 0.6 is 0 Å². The SMILES string of the molecule is COc1cc[c-]c(-c2[c-]c(-c3nc(C(=O)c4ccccn4)c(F)cc3F)cc(OC)c2)c1.[Pt+2]. The maximum atomic E-state index is 14.8. The van der Waals surface area contributed by atoms with Crippen LogP contribution in [0.5, 0.6) is 11.5 Å². The Morgan fingerprint density at radius 3 is 2.33 bits per heavy atom. The molecule has 168 valence electrons. The number of hydrogen-bond donors (Lipinski definition) is 0. The summed E-state index contributed by atoms with van der Waals surface area (Å²) in [6, 6.07) is 19.7. The van der Waals surface area contributed by atoms with Crippen molar-refractivity contribution >= 4 is 5.78 Å². The number of hydrogen-bond acceptors (Lipinski definition) is 5. The maximum Gasteiger partial charge on any atom is 2.00 e. The van der Waals surface area contributed by atoms with Crippen LogP contribution in [0.3, 0.4) is 0 Å². The Labute approximate surface area is 203 Å². The van der Waals surface area contributed by atoms with Crippen LogP contribution < -0.4 is 9.47 Å². The molecule has 0 saturated heterocycles. The molecule has 0 saturated carbocycles. The van der Waals surface area contributed by atoms with Crippen LogP contribution in [0, 0.1) is 23.8 Å². The van der Waals surface area contributed by atoms with E-state index >= 15 is 0 Å². The fourth-order valence-electron chi connectivity index (χ4n) is 3.10. The first-order valence-electron chi connectivity index (χ1n) is 9.49. The second-order valence-corrected chi connectivity index (χ2v) is 6.68. The van der Waals surface area contributed by atoms with Gasteiger partial charge in [0.05, 0.1) is 14.2 Å². The summed E-state index contributed by atoms with van der Waals surface area (Å²) >= 11 is 0. The summed E-state index contributed by atoms with van der Waals surface area (Å²) in [6.45, 7) is 0. The van der Waals surface area contributed by atoms with Crippen LogP contribution in [0.2, 0.25) is 0 Å². The minimum absolute atomic E-state index is 0. The van der Waals surface area contributed by atoms with E-state index < -0.39 is 23.1 Å². The summed E-state index contributed by atoms with van der Waals surface area (Å²) in [5.74, 6) is -1.77. The molecule has 5 nitrogen and oxygen atoms in total. The largest absolute Gasteiger partial charge is 2.00 e.